The molecule has 1 unspecified atom stereocenters. The van der Waals surface area contributed by atoms with E-state index in [0.717, 1.165) is 10.9 Å². The molecule has 0 bridgehead atoms. The Hall–Kier alpha value is -1.48. The quantitative estimate of drug-likeness (QED) is 0.906. The lowest BCUT2D eigenvalue weighted by Gasteiger charge is -2.17. The number of nitrogens with zero attached hydrogens (tertiary/aromatic N) is 1. The number of carbonyl (C=O) groups is 1. The van der Waals surface area contributed by atoms with Crippen molar-refractivity contribution in [3.63, 3.8) is 0 Å². The Morgan fingerprint density at radius 1 is 1.28 bits per heavy atom. The van der Waals surface area contributed by atoms with Crippen LogP contribution < -0.4 is 5.32 Å². The molecule has 0 saturated carbocycles. The fourth-order valence-corrected chi connectivity index (χ4v) is 2.25. The highest BCUT2D eigenvalue weighted by Crippen LogP contribution is 2.26. The second kappa shape index (κ2) is 5.02. The Labute approximate surface area is 112 Å². The van der Waals surface area contributed by atoms with Crippen LogP contribution in [0.2, 0.25) is 5.02 Å². The van der Waals surface area contributed by atoms with E-state index >= 15 is 0 Å². The molecule has 1 aromatic heterocycles. The Morgan fingerprint density at radius 2 is 2.00 bits per heavy atom. The number of amides is 1. The third kappa shape index (κ3) is 2.36. The van der Waals surface area contributed by atoms with Gasteiger partial charge >= 0.3 is 0 Å². The molecule has 1 heterocycles. The van der Waals surface area contributed by atoms with Crippen molar-refractivity contribution in [2.75, 3.05) is 0 Å². The van der Waals surface area contributed by atoms with Crippen LogP contribution in [-0.2, 0) is 4.79 Å². The van der Waals surface area contributed by atoms with Crippen molar-refractivity contribution < 1.29 is 4.79 Å². The summed E-state index contributed by atoms with van der Waals surface area (Å²) < 4.78 is 1.94. The summed E-state index contributed by atoms with van der Waals surface area (Å²) in [4.78, 5) is 12.0. The number of nitrogens with one attached hydrogen (secondary N) is 1. The van der Waals surface area contributed by atoms with Gasteiger partial charge in [-0.15, -0.1) is 0 Å². The smallest absolute Gasteiger partial charge is 0.242 e. The highest BCUT2D eigenvalue weighted by molar-refractivity contribution is 6.35. The van der Waals surface area contributed by atoms with E-state index in [2.05, 4.69) is 5.32 Å². The minimum absolute atomic E-state index is 0.0162. The van der Waals surface area contributed by atoms with E-state index in [1.54, 1.807) is 0 Å². The fourth-order valence-electron chi connectivity index (χ4n) is 2.02. The van der Waals surface area contributed by atoms with Gasteiger partial charge in [0.05, 0.1) is 5.52 Å². The first-order chi connectivity index (χ1) is 8.50. The molecule has 0 aliphatic carbocycles. The fraction of sp³-hybridized carbons (Fsp3) is 0.357. The molecule has 4 heteroatoms. The highest BCUT2D eigenvalue weighted by Gasteiger charge is 2.17. The maximum Gasteiger partial charge on any atom is 0.242 e. The number of halogens is 1. The largest absolute Gasteiger partial charge is 0.352 e. The van der Waals surface area contributed by atoms with Gasteiger partial charge in [0.2, 0.25) is 5.91 Å². The zero-order valence-electron chi connectivity index (χ0n) is 10.8. The van der Waals surface area contributed by atoms with Crippen LogP contribution in [-0.4, -0.2) is 16.5 Å². The normalized spacial score (nSPS) is 12.9. The standard InChI is InChI=1S/C14H17ClN2O/c1-9(2)16-14(18)10(3)17-8-7-11-12(15)5-4-6-13(11)17/h4-10H,1-3H3,(H,16,18). The second-order valence-electron chi connectivity index (χ2n) is 4.73. The van der Waals surface area contributed by atoms with Crippen LogP contribution in [0, 0.1) is 0 Å². The summed E-state index contributed by atoms with van der Waals surface area (Å²) in [5.74, 6) is 0.0162. The zero-order valence-corrected chi connectivity index (χ0v) is 11.5. The van der Waals surface area contributed by atoms with Crippen LogP contribution in [0.15, 0.2) is 30.5 Å². The molecule has 0 saturated heterocycles. The average molecular weight is 265 g/mol. The monoisotopic (exact) mass is 264 g/mol. The number of aromatic nitrogens is 1. The first-order valence-electron chi connectivity index (χ1n) is 6.06. The molecule has 1 amide bonds. The van der Waals surface area contributed by atoms with Crippen molar-refractivity contribution >= 4 is 28.4 Å². The van der Waals surface area contributed by atoms with Gasteiger partial charge in [0.25, 0.3) is 0 Å². The average Bonchev–Trinajstić information content (AvgIpc) is 2.72. The lowest BCUT2D eigenvalue weighted by molar-refractivity contribution is -0.124. The summed E-state index contributed by atoms with van der Waals surface area (Å²) in [6.45, 7) is 5.79. The maximum absolute atomic E-state index is 12.0. The Bertz CT molecular complexity index is 574. The van der Waals surface area contributed by atoms with E-state index in [1.807, 2.05) is 55.8 Å². The van der Waals surface area contributed by atoms with Crippen molar-refractivity contribution in [2.45, 2.75) is 32.9 Å². The van der Waals surface area contributed by atoms with Gasteiger partial charge in [-0.1, -0.05) is 17.7 Å². The number of carbonyl (C=O) groups excluding carboxylic acids is 1. The van der Waals surface area contributed by atoms with E-state index in [0.29, 0.717) is 5.02 Å². The van der Waals surface area contributed by atoms with Gasteiger partial charge in [0, 0.05) is 22.6 Å². The topological polar surface area (TPSA) is 34.0 Å². The SMILES string of the molecule is CC(C)NC(=O)C(C)n1ccc2c(Cl)cccc21. The van der Waals surface area contributed by atoms with Crippen LogP contribution in [0.3, 0.4) is 0 Å². The Balaban J connectivity index is 2.37. The zero-order chi connectivity index (χ0) is 13.3. The molecule has 0 radical (unpaired) electrons. The number of hydrogen-bond donors (Lipinski definition) is 1. The lowest BCUT2D eigenvalue weighted by atomic mass is 10.2. The first-order valence-corrected chi connectivity index (χ1v) is 6.44. The van der Waals surface area contributed by atoms with Crippen molar-refractivity contribution in [3.05, 3.63) is 35.5 Å². The maximum atomic E-state index is 12.0. The van der Waals surface area contributed by atoms with Crippen LogP contribution in [0.1, 0.15) is 26.8 Å². The summed E-state index contributed by atoms with van der Waals surface area (Å²) in [5.41, 5.74) is 0.980. The van der Waals surface area contributed by atoms with Crippen LogP contribution in [0.25, 0.3) is 10.9 Å². The van der Waals surface area contributed by atoms with Crippen molar-refractivity contribution in [2.24, 2.45) is 0 Å². The Morgan fingerprint density at radius 3 is 2.67 bits per heavy atom. The second-order valence-corrected chi connectivity index (χ2v) is 5.14. The third-order valence-corrected chi connectivity index (χ3v) is 3.27. The minimum atomic E-state index is -0.247. The molecule has 18 heavy (non-hydrogen) atoms. The molecular formula is C14H17ClN2O. The number of benzene rings is 1. The van der Waals surface area contributed by atoms with E-state index in [1.165, 1.54) is 0 Å². The van der Waals surface area contributed by atoms with Gasteiger partial charge in [-0.05, 0) is 39.0 Å². The summed E-state index contributed by atoms with van der Waals surface area (Å²) >= 11 is 6.13. The summed E-state index contributed by atoms with van der Waals surface area (Å²) in [6.07, 6.45) is 1.90. The molecule has 2 aromatic rings. The van der Waals surface area contributed by atoms with Gasteiger partial charge < -0.3 is 9.88 Å². The first kappa shape index (κ1) is 13.0. The minimum Gasteiger partial charge on any atom is -0.352 e. The van der Waals surface area contributed by atoms with E-state index in [-0.39, 0.29) is 18.0 Å². The van der Waals surface area contributed by atoms with Crippen molar-refractivity contribution in [1.82, 2.24) is 9.88 Å². The Kier molecular flexibility index (Phi) is 3.62. The van der Waals surface area contributed by atoms with Gasteiger partial charge in [-0.25, -0.2) is 0 Å². The van der Waals surface area contributed by atoms with E-state index in [9.17, 15) is 4.79 Å². The molecule has 3 nitrogen and oxygen atoms in total. The predicted octanol–water partition coefficient (Wildman–Crippen LogP) is 3.38. The van der Waals surface area contributed by atoms with Gasteiger partial charge in [-0.3, -0.25) is 4.79 Å². The molecule has 0 spiro atoms. The lowest BCUT2D eigenvalue weighted by Crippen LogP contribution is -2.35. The molecule has 1 aromatic carbocycles. The number of hydrogen-bond acceptors (Lipinski definition) is 1. The predicted molar refractivity (Wildman–Crippen MR) is 74.9 cm³/mol. The molecule has 0 aliphatic heterocycles. The molecule has 0 aliphatic rings. The number of fused-ring (bicyclic) bond motifs is 1. The summed E-state index contributed by atoms with van der Waals surface area (Å²) in [7, 11) is 0. The van der Waals surface area contributed by atoms with Crippen LogP contribution in [0.4, 0.5) is 0 Å². The van der Waals surface area contributed by atoms with Crippen LogP contribution in [0.5, 0.6) is 0 Å². The third-order valence-electron chi connectivity index (χ3n) is 2.94. The molecule has 0 fully saturated rings. The molecular weight excluding hydrogens is 248 g/mol. The van der Waals surface area contributed by atoms with Gasteiger partial charge in [0.15, 0.2) is 0 Å². The van der Waals surface area contributed by atoms with Crippen molar-refractivity contribution in [3.8, 4) is 0 Å². The van der Waals surface area contributed by atoms with Crippen molar-refractivity contribution in [1.29, 1.82) is 0 Å². The highest BCUT2D eigenvalue weighted by atomic mass is 35.5. The van der Waals surface area contributed by atoms with Crippen LogP contribution >= 0.6 is 11.6 Å². The number of rotatable bonds is 3. The van der Waals surface area contributed by atoms with Gasteiger partial charge in [-0.2, -0.15) is 0 Å². The summed E-state index contributed by atoms with van der Waals surface area (Å²) in [5, 5.41) is 4.60. The molecule has 96 valence electrons. The van der Waals surface area contributed by atoms with E-state index in [4.69, 9.17) is 11.6 Å². The molecule has 1 atom stereocenters. The molecule has 2 rings (SSSR count). The van der Waals surface area contributed by atoms with Gasteiger partial charge in [0.1, 0.15) is 6.04 Å². The summed E-state index contributed by atoms with van der Waals surface area (Å²) in [6, 6.07) is 7.56. The van der Waals surface area contributed by atoms with E-state index < -0.39 is 0 Å². The molecule has 1 N–H and O–H groups in total.